The van der Waals surface area contributed by atoms with E-state index >= 15 is 0 Å². The van der Waals surface area contributed by atoms with Crippen molar-refractivity contribution in [3.63, 3.8) is 0 Å². The van der Waals surface area contributed by atoms with Crippen molar-refractivity contribution in [1.82, 2.24) is 4.90 Å². The minimum atomic E-state index is 0.0852. The molecule has 0 aliphatic carbocycles. The van der Waals surface area contributed by atoms with Crippen LogP contribution in [-0.4, -0.2) is 31.0 Å². The Morgan fingerprint density at radius 2 is 1.79 bits per heavy atom. The molecule has 0 N–H and O–H groups in total. The second-order valence-electron chi connectivity index (χ2n) is 7.63. The second kappa shape index (κ2) is 8.56. The number of fused-ring (bicyclic) bond motifs is 1. The summed E-state index contributed by atoms with van der Waals surface area (Å²) in [5.41, 5.74) is 4.73. The molecule has 0 bridgehead atoms. The zero-order valence-electron chi connectivity index (χ0n) is 17.1. The molecule has 0 unspecified atom stereocenters. The highest BCUT2D eigenvalue weighted by Crippen LogP contribution is 2.37. The molecule has 2 aromatic carbocycles. The van der Waals surface area contributed by atoms with Crippen molar-refractivity contribution in [2.75, 3.05) is 20.2 Å². The van der Waals surface area contributed by atoms with Gasteiger partial charge in [0.2, 0.25) is 5.91 Å². The quantitative estimate of drug-likeness (QED) is 0.521. The second-order valence-corrected chi connectivity index (χ2v) is 7.63. The van der Waals surface area contributed by atoms with Gasteiger partial charge in [0.15, 0.2) is 0 Å². The molecule has 4 nitrogen and oxygen atoms in total. The highest BCUT2D eigenvalue weighted by atomic mass is 16.5. The van der Waals surface area contributed by atoms with Crippen LogP contribution in [0.5, 0.6) is 5.75 Å². The first-order valence-electron chi connectivity index (χ1n) is 10.3. The zero-order valence-corrected chi connectivity index (χ0v) is 17.1. The van der Waals surface area contributed by atoms with Crippen molar-refractivity contribution in [1.29, 1.82) is 0 Å². The Hall–Kier alpha value is -3.01. The maximum atomic E-state index is 12.8. The van der Waals surface area contributed by atoms with Gasteiger partial charge in [0, 0.05) is 41.7 Å². The van der Waals surface area contributed by atoms with Crippen molar-refractivity contribution in [3.8, 4) is 16.9 Å². The van der Waals surface area contributed by atoms with Gasteiger partial charge < -0.3 is 14.1 Å². The Bertz CT molecular complexity index is 1020. The van der Waals surface area contributed by atoms with Gasteiger partial charge in [-0.05, 0) is 37.0 Å². The fraction of sp³-hybridized carbons (Fsp3) is 0.320. The highest BCUT2D eigenvalue weighted by Gasteiger charge is 2.17. The lowest BCUT2D eigenvalue weighted by Crippen LogP contribution is -2.30. The number of nitrogens with zero attached hydrogens (tertiary/aromatic N) is 1. The Kier molecular flexibility index (Phi) is 5.70. The molecule has 29 heavy (non-hydrogen) atoms. The van der Waals surface area contributed by atoms with Gasteiger partial charge in [-0.25, -0.2) is 0 Å². The van der Waals surface area contributed by atoms with Crippen LogP contribution in [0.25, 0.3) is 27.7 Å². The molecule has 0 spiro atoms. The van der Waals surface area contributed by atoms with Crippen LogP contribution in [0.3, 0.4) is 0 Å². The summed E-state index contributed by atoms with van der Waals surface area (Å²) < 4.78 is 11.4. The van der Waals surface area contributed by atoms with Gasteiger partial charge in [0.25, 0.3) is 0 Å². The molecule has 0 atom stereocenters. The number of allylic oxidation sites excluding steroid dienone is 1. The monoisotopic (exact) mass is 389 g/mol. The Morgan fingerprint density at radius 1 is 1.07 bits per heavy atom. The summed E-state index contributed by atoms with van der Waals surface area (Å²) in [5, 5.41) is 1.02. The number of carbonyl (C=O) groups is 1. The van der Waals surface area contributed by atoms with Gasteiger partial charge in [-0.15, -0.1) is 0 Å². The zero-order chi connectivity index (χ0) is 20.2. The van der Waals surface area contributed by atoms with Crippen molar-refractivity contribution in [2.45, 2.75) is 32.6 Å². The third-order valence-corrected chi connectivity index (χ3v) is 5.66. The third kappa shape index (κ3) is 4.07. The summed E-state index contributed by atoms with van der Waals surface area (Å²) in [5.74, 6) is 0.797. The van der Waals surface area contributed by atoms with E-state index in [9.17, 15) is 4.79 Å². The summed E-state index contributed by atoms with van der Waals surface area (Å²) in [6.07, 6.45) is 8.12. The van der Waals surface area contributed by atoms with Crippen LogP contribution < -0.4 is 4.74 Å². The minimum absolute atomic E-state index is 0.0852. The van der Waals surface area contributed by atoms with Crippen molar-refractivity contribution in [3.05, 3.63) is 60.4 Å². The van der Waals surface area contributed by atoms with E-state index in [0.29, 0.717) is 5.75 Å². The molecule has 4 rings (SSSR count). The fourth-order valence-electron chi connectivity index (χ4n) is 4.02. The summed E-state index contributed by atoms with van der Waals surface area (Å²) in [6, 6.07) is 14.2. The van der Waals surface area contributed by atoms with Crippen LogP contribution in [0.2, 0.25) is 0 Å². The minimum Gasteiger partial charge on any atom is -0.496 e. The number of carbonyl (C=O) groups excluding carboxylic acids is 1. The normalized spacial score (nSPS) is 15.4. The molecule has 1 amide bonds. The van der Waals surface area contributed by atoms with Gasteiger partial charge in [0.1, 0.15) is 11.3 Å². The van der Waals surface area contributed by atoms with Gasteiger partial charge >= 0.3 is 0 Å². The number of furan rings is 1. The summed E-state index contributed by atoms with van der Waals surface area (Å²) in [6.45, 7) is 3.67. The number of hydrogen-bond acceptors (Lipinski definition) is 3. The largest absolute Gasteiger partial charge is 0.496 e. The maximum Gasteiger partial charge on any atom is 0.246 e. The SMILES string of the molecule is COc1cc2occ(-c3ccccc3)c2cc1/C(C)=C/C(=O)N1CCCCCC1. The number of amides is 1. The molecule has 1 aliphatic rings. The van der Waals surface area contributed by atoms with Crippen molar-refractivity contribution in [2.24, 2.45) is 0 Å². The number of ether oxygens (including phenoxy) is 1. The number of benzene rings is 2. The van der Waals surface area contributed by atoms with Gasteiger partial charge in [-0.1, -0.05) is 43.2 Å². The molecule has 0 saturated carbocycles. The molecule has 1 aliphatic heterocycles. The first-order valence-corrected chi connectivity index (χ1v) is 10.3. The first kappa shape index (κ1) is 19.3. The van der Waals surface area contributed by atoms with E-state index in [4.69, 9.17) is 9.15 Å². The Morgan fingerprint density at radius 3 is 2.48 bits per heavy atom. The molecule has 1 aromatic heterocycles. The van der Waals surface area contributed by atoms with E-state index in [-0.39, 0.29) is 5.91 Å². The molecule has 3 aromatic rings. The molecule has 4 heteroatoms. The molecule has 0 radical (unpaired) electrons. The fourth-order valence-corrected chi connectivity index (χ4v) is 4.02. The number of likely N-dealkylation sites (tertiary alicyclic amines) is 1. The highest BCUT2D eigenvalue weighted by molar-refractivity contribution is 6.00. The standard InChI is InChI=1S/C25H27NO3/c1-18(14-25(27)26-12-8-3-4-9-13-26)20-15-21-22(19-10-6-5-7-11-19)17-29-24(21)16-23(20)28-2/h5-7,10-11,14-17H,3-4,8-9,12-13H2,1-2H3/b18-14+. The molecule has 150 valence electrons. The van der Waals surface area contributed by atoms with E-state index in [2.05, 4.69) is 18.2 Å². The van der Waals surface area contributed by atoms with E-state index in [1.165, 1.54) is 12.8 Å². The number of methoxy groups -OCH3 is 1. The third-order valence-electron chi connectivity index (χ3n) is 5.66. The molecule has 1 fully saturated rings. The van der Waals surface area contributed by atoms with Crippen molar-refractivity contribution < 1.29 is 13.9 Å². The van der Waals surface area contributed by atoms with E-state index < -0.39 is 0 Å². The van der Waals surface area contributed by atoms with Crippen LogP contribution in [0.4, 0.5) is 0 Å². The summed E-state index contributed by atoms with van der Waals surface area (Å²) in [7, 11) is 1.65. The van der Waals surface area contributed by atoms with Crippen LogP contribution in [0.1, 0.15) is 38.2 Å². The van der Waals surface area contributed by atoms with Crippen molar-refractivity contribution >= 4 is 22.4 Å². The lowest BCUT2D eigenvalue weighted by molar-refractivity contribution is -0.125. The topological polar surface area (TPSA) is 42.7 Å². The predicted octanol–water partition coefficient (Wildman–Crippen LogP) is 5.91. The van der Waals surface area contributed by atoms with Crippen LogP contribution in [0, 0.1) is 0 Å². The number of hydrogen-bond donors (Lipinski definition) is 0. The molecular weight excluding hydrogens is 362 g/mol. The molecule has 1 saturated heterocycles. The average Bonchev–Trinajstić information content (AvgIpc) is 2.96. The maximum absolute atomic E-state index is 12.8. The predicted molar refractivity (Wildman–Crippen MR) is 117 cm³/mol. The van der Waals surface area contributed by atoms with Gasteiger partial charge in [-0.3, -0.25) is 4.79 Å². The van der Waals surface area contributed by atoms with Crippen LogP contribution >= 0.6 is 0 Å². The Labute approximate surface area is 171 Å². The Balaban J connectivity index is 1.72. The van der Waals surface area contributed by atoms with E-state index in [1.54, 1.807) is 19.4 Å². The van der Waals surface area contributed by atoms with Crippen LogP contribution in [-0.2, 0) is 4.79 Å². The lowest BCUT2D eigenvalue weighted by atomic mass is 9.99. The van der Waals surface area contributed by atoms with Gasteiger partial charge in [-0.2, -0.15) is 0 Å². The molecule has 2 heterocycles. The lowest BCUT2D eigenvalue weighted by Gasteiger charge is -2.19. The van der Waals surface area contributed by atoms with Gasteiger partial charge in [0.05, 0.1) is 13.4 Å². The summed E-state index contributed by atoms with van der Waals surface area (Å²) in [4.78, 5) is 14.8. The van der Waals surface area contributed by atoms with E-state index in [0.717, 1.165) is 59.2 Å². The average molecular weight is 389 g/mol. The molecular formula is C25H27NO3. The smallest absolute Gasteiger partial charge is 0.246 e. The summed E-state index contributed by atoms with van der Waals surface area (Å²) >= 11 is 0. The first-order chi connectivity index (χ1) is 14.2. The number of rotatable bonds is 4. The van der Waals surface area contributed by atoms with Crippen LogP contribution in [0.15, 0.2) is 59.2 Å². The van der Waals surface area contributed by atoms with E-state index in [1.807, 2.05) is 36.1 Å².